The molecule has 4 nitrogen and oxygen atoms in total. The summed E-state index contributed by atoms with van der Waals surface area (Å²) in [6, 6.07) is 3.30. The van der Waals surface area contributed by atoms with Crippen molar-refractivity contribution in [3.63, 3.8) is 0 Å². The lowest BCUT2D eigenvalue weighted by molar-refractivity contribution is 0.403. The van der Waals surface area contributed by atoms with E-state index in [1.807, 2.05) is 17.9 Å². The van der Waals surface area contributed by atoms with Gasteiger partial charge in [0.05, 0.1) is 0 Å². The van der Waals surface area contributed by atoms with Crippen molar-refractivity contribution in [2.75, 3.05) is 18.0 Å². The maximum absolute atomic E-state index is 4.48. The molecule has 2 rings (SSSR count). The highest BCUT2D eigenvalue weighted by atomic mass is 15.3. The standard InChI is InChI=1S/C12H22N4/c1-10-4-8-16(9-5-11(2)13-10)12-6-7-15(3)14-12/h6-7,10-11,13H,4-5,8-9H2,1-3H3. The van der Waals surface area contributed by atoms with Crippen LogP contribution in [0.3, 0.4) is 0 Å². The fraction of sp³-hybridized carbons (Fsp3) is 0.750. The van der Waals surface area contributed by atoms with Crippen molar-refractivity contribution in [3.8, 4) is 0 Å². The van der Waals surface area contributed by atoms with Gasteiger partial charge in [-0.1, -0.05) is 0 Å². The summed E-state index contributed by atoms with van der Waals surface area (Å²) in [4.78, 5) is 2.40. The van der Waals surface area contributed by atoms with Gasteiger partial charge in [0.15, 0.2) is 5.82 Å². The first-order chi connectivity index (χ1) is 7.65. The van der Waals surface area contributed by atoms with E-state index in [1.54, 1.807) is 0 Å². The highest BCUT2D eigenvalue weighted by Gasteiger charge is 2.17. The fourth-order valence-corrected chi connectivity index (χ4v) is 2.26. The summed E-state index contributed by atoms with van der Waals surface area (Å²) in [5, 5.41) is 8.09. The Kier molecular flexibility index (Phi) is 3.49. The second-order valence-corrected chi connectivity index (χ2v) is 4.88. The summed E-state index contributed by atoms with van der Waals surface area (Å²) in [5.41, 5.74) is 0. The van der Waals surface area contributed by atoms with E-state index in [0.717, 1.165) is 18.9 Å². The molecule has 16 heavy (non-hydrogen) atoms. The first-order valence-corrected chi connectivity index (χ1v) is 6.16. The molecule has 0 saturated carbocycles. The summed E-state index contributed by atoms with van der Waals surface area (Å²) in [7, 11) is 1.97. The third-order valence-corrected chi connectivity index (χ3v) is 3.26. The highest BCUT2D eigenvalue weighted by molar-refractivity contribution is 5.36. The van der Waals surface area contributed by atoms with Crippen molar-refractivity contribution in [1.29, 1.82) is 0 Å². The zero-order valence-electron chi connectivity index (χ0n) is 10.5. The van der Waals surface area contributed by atoms with Crippen molar-refractivity contribution in [3.05, 3.63) is 12.3 Å². The maximum Gasteiger partial charge on any atom is 0.150 e. The summed E-state index contributed by atoms with van der Waals surface area (Å²) < 4.78 is 1.87. The summed E-state index contributed by atoms with van der Waals surface area (Å²) in [6.45, 7) is 6.71. The number of anilines is 1. The van der Waals surface area contributed by atoms with E-state index >= 15 is 0 Å². The lowest BCUT2D eigenvalue weighted by Gasteiger charge is -2.30. The number of hydrogen-bond acceptors (Lipinski definition) is 3. The number of nitrogens with zero attached hydrogens (tertiary/aromatic N) is 3. The van der Waals surface area contributed by atoms with Crippen LogP contribution in [0.4, 0.5) is 5.82 Å². The predicted molar refractivity (Wildman–Crippen MR) is 66.7 cm³/mol. The van der Waals surface area contributed by atoms with E-state index in [9.17, 15) is 0 Å². The Hall–Kier alpha value is -1.03. The van der Waals surface area contributed by atoms with Gasteiger partial charge in [0.25, 0.3) is 0 Å². The van der Waals surface area contributed by atoms with Gasteiger partial charge >= 0.3 is 0 Å². The molecule has 2 unspecified atom stereocenters. The monoisotopic (exact) mass is 222 g/mol. The molecule has 0 aromatic carbocycles. The van der Waals surface area contributed by atoms with Crippen LogP contribution in [-0.4, -0.2) is 35.0 Å². The molecule has 0 amide bonds. The molecule has 0 spiro atoms. The molecule has 4 heteroatoms. The summed E-state index contributed by atoms with van der Waals surface area (Å²) >= 11 is 0. The number of aryl methyl sites for hydroxylation is 1. The average molecular weight is 222 g/mol. The number of aromatic nitrogens is 2. The summed E-state index contributed by atoms with van der Waals surface area (Å²) in [6.07, 6.45) is 4.38. The van der Waals surface area contributed by atoms with Crippen LogP contribution in [0.25, 0.3) is 0 Å². The fourth-order valence-electron chi connectivity index (χ4n) is 2.26. The first kappa shape index (κ1) is 11.5. The Labute approximate surface area is 97.6 Å². The SMILES string of the molecule is CC1CCN(c2ccn(C)n2)CCC(C)N1. The van der Waals surface area contributed by atoms with Gasteiger partial charge in [-0.25, -0.2) is 0 Å². The minimum absolute atomic E-state index is 0.599. The van der Waals surface area contributed by atoms with Crippen LogP contribution in [0.15, 0.2) is 12.3 Å². The molecule has 1 aromatic rings. The van der Waals surface area contributed by atoms with Gasteiger partial charge in [0.1, 0.15) is 0 Å². The maximum atomic E-state index is 4.48. The average Bonchev–Trinajstić information content (AvgIpc) is 2.62. The molecule has 1 aromatic heterocycles. The molecule has 2 atom stereocenters. The third-order valence-electron chi connectivity index (χ3n) is 3.26. The Balaban J connectivity index is 2.03. The molecule has 1 aliphatic rings. The number of rotatable bonds is 1. The smallest absolute Gasteiger partial charge is 0.150 e. The van der Waals surface area contributed by atoms with E-state index in [-0.39, 0.29) is 0 Å². The summed E-state index contributed by atoms with van der Waals surface area (Å²) in [5.74, 6) is 1.11. The van der Waals surface area contributed by atoms with Gasteiger partial charge in [-0.3, -0.25) is 4.68 Å². The Morgan fingerprint density at radius 2 is 1.88 bits per heavy atom. The van der Waals surface area contributed by atoms with Crippen molar-refractivity contribution in [2.24, 2.45) is 7.05 Å². The Morgan fingerprint density at radius 1 is 1.25 bits per heavy atom. The third kappa shape index (κ3) is 2.76. The van der Waals surface area contributed by atoms with Crippen molar-refractivity contribution in [2.45, 2.75) is 38.8 Å². The molecular weight excluding hydrogens is 200 g/mol. The normalized spacial score (nSPS) is 27.6. The molecule has 1 N–H and O–H groups in total. The van der Waals surface area contributed by atoms with Gasteiger partial charge < -0.3 is 10.2 Å². The number of hydrogen-bond donors (Lipinski definition) is 1. The lowest BCUT2D eigenvalue weighted by Crippen LogP contribution is -2.43. The van der Waals surface area contributed by atoms with Crippen LogP contribution in [0.2, 0.25) is 0 Å². The van der Waals surface area contributed by atoms with Crippen molar-refractivity contribution >= 4 is 5.82 Å². The van der Waals surface area contributed by atoms with Crippen LogP contribution in [-0.2, 0) is 7.05 Å². The van der Waals surface area contributed by atoms with E-state index in [4.69, 9.17) is 0 Å². The second kappa shape index (κ2) is 4.87. The van der Waals surface area contributed by atoms with Crippen LogP contribution < -0.4 is 10.2 Å². The molecular formula is C12H22N4. The van der Waals surface area contributed by atoms with Crippen LogP contribution in [0, 0.1) is 0 Å². The molecule has 1 fully saturated rings. The zero-order valence-corrected chi connectivity index (χ0v) is 10.5. The van der Waals surface area contributed by atoms with Crippen molar-refractivity contribution < 1.29 is 0 Å². The predicted octanol–water partition coefficient (Wildman–Crippen LogP) is 1.39. The van der Waals surface area contributed by atoms with E-state index < -0.39 is 0 Å². The van der Waals surface area contributed by atoms with E-state index in [1.165, 1.54) is 12.8 Å². The zero-order chi connectivity index (χ0) is 11.5. The van der Waals surface area contributed by atoms with Gasteiger partial charge in [-0.2, -0.15) is 5.10 Å². The molecule has 0 bridgehead atoms. The minimum atomic E-state index is 0.599. The van der Waals surface area contributed by atoms with Gasteiger partial charge in [-0.05, 0) is 26.7 Å². The minimum Gasteiger partial charge on any atom is -0.355 e. The van der Waals surface area contributed by atoms with E-state index in [2.05, 4.69) is 35.2 Å². The molecule has 90 valence electrons. The highest BCUT2D eigenvalue weighted by Crippen LogP contribution is 2.14. The first-order valence-electron chi connectivity index (χ1n) is 6.16. The van der Waals surface area contributed by atoms with Crippen LogP contribution >= 0.6 is 0 Å². The topological polar surface area (TPSA) is 33.1 Å². The van der Waals surface area contributed by atoms with Crippen molar-refractivity contribution in [1.82, 2.24) is 15.1 Å². The van der Waals surface area contributed by atoms with Crippen LogP contribution in [0.1, 0.15) is 26.7 Å². The van der Waals surface area contributed by atoms with Crippen LogP contribution in [0.5, 0.6) is 0 Å². The molecule has 1 saturated heterocycles. The largest absolute Gasteiger partial charge is 0.355 e. The van der Waals surface area contributed by atoms with Gasteiger partial charge in [-0.15, -0.1) is 0 Å². The van der Waals surface area contributed by atoms with E-state index in [0.29, 0.717) is 12.1 Å². The van der Waals surface area contributed by atoms with Gasteiger partial charge in [0.2, 0.25) is 0 Å². The van der Waals surface area contributed by atoms with Gasteiger partial charge in [0, 0.05) is 44.5 Å². The molecule has 2 heterocycles. The quantitative estimate of drug-likeness (QED) is 0.779. The Morgan fingerprint density at radius 3 is 2.38 bits per heavy atom. The lowest BCUT2D eigenvalue weighted by atomic mass is 10.1. The second-order valence-electron chi connectivity index (χ2n) is 4.88. The number of nitrogens with one attached hydrogen (secondary N) is 1. The molecule has 0 aliphatic carbocycles. The Bertz CT molecular complexity index is 322. The molecule has 1 aliphatic heterocycles. The molecule has 0 radical (unpaired) electrons.